The first-order chi connectivity index (χ1) is 28.3. The Morgan fingerprint density at radius 3 is 1.58 bits per heavy atom. The average molecular weight is 745 g/mol. The van der Waals surface area contributed by atoms with Gasteiger partial charge in [-0.1, -0.05) is 158 Å². The highest BCUT2D eigenvalue weighted by Gasteiger charge is 2.19. The predicted octanol–water partition coefficient (Wildman–Crippen LogP) is 15.6. The van der Waals surface area contributed by atoms with Gasteiger partial charge >= 0.3 is 0 Å². The maximum atomic E-state index is 2.42. The van der Waals surface area contributed by atoms with Crippen molar-refractivity contribution in [1.82, 2.24) is 4.57 Å². The molecule has 0 bridgehead atoms. The second-order valence-electron chi connectivity index (χ2n) is 14.5. The van der Waals surface area contributed by atoms with Crippen LogP contribution in [0.4, 0.5) is 17.1 Å². The Hall–Kier alpha value is -7.20. The van der Waals surface area contributed by atoms with Gasteiger partial charge in [0.25, 0.3) is 0 Å². The summed E-state index contributed by atoms with van der Waals surface area (Å²) in [5, 5.41) is 5.12. The molecule has 0 aliphatic heterocycles. The summed E-state index contributed by atoms with van der Waals surface area (Å²) in [4.78, 5) is 2.41. The molecule has 2 aromatic heterocycles. The Kier molecular flexibility index (Phi) is 8.04. The van der Waals surface area contributed by atoms with Crippen molar-refractivity contribution in [1.29, 1.82) is 0 Å². The van der Waals surface area contributed by atoms with Crippen LogP contribution in [0.5, 0.6) is 0 Å². The topological polar surface area (TPSA) is 8.17 Å². The van der Waals surface area contributed by atoms with Crippen molar-refractivity contribution in [3.05, 3.63) is 218 Å². The van der Waals surface area contributed by atoms with Gasteiger partial charge in [0, 0.05) is 43.2 Å². The van der Waals surface area contributed by atoms with E-state index in [1.165, 1.54) is 86.7 Å². The standard InChI is InChI=1S/C54H36N2S/c1-2-14-37(15-3-1)38-28-32-42(33-29-38)55(52-26-13-22-48-47-21-7-11-27-53(47)57-54(48)52)43-34-30-39(31-35-43)40-16-12-17-41(36-40)44-18-4-8-23-49(44)56-50-24-9-5-19-45(50)46-20-6-10-25-51(46)56/h1-36H. The number of anilines is 3. The van der Waals surface area contributed by atoms with Gasteiger partial charge in [0.15, 0.2) is 0 Å². The highest BCUT2D eigenvalue weighted by molar-refractivity contribution is 7.26. The lowest BCUT2D eigenvalue weighted by Gasteiger charge is -2.26. The van der Waals surface area contributed by atoms with Crippen molar-refractivity contribution in [3.63, 3.8) is 0 Å². The first-order valence-corrected chi connectivity index (χ1v) is 20.2. The van der Waals surface area contributed by atoms with Crippen LogP contribution in [0, 0.1) is 0 Å². The first-order valence-electron chi connectivity index (χ1n) is 19.4. The second kappa shape index (κ2) is 13.8. The zero-order valence-corrected chi connectivity index (χ0v) is 31.9. The highest BCUT2D eigenvalue weighted by atomic mass is 32.1. The van der Waals surface area contributed by atoms with E-state index in [0.717, 1.165) is 11.4 Å². The molecule has 9 aromatic carbocycles. The van der Waals surface area contributed by atoms with E-state index < -0.39 is 0 Å². The largest absolute Gasteiger partial charge is 0.309 e. The average Bonchev–Trinajstić information content (AvgIpc) is 3.84. The van der Waals surface area contributed by atoms with Crippen molar-refractivity contribution in [2.75, 3.05) is 4.90 Å². The van der Waals surface area contributed by atoms with E-state index in [0.29, 0.717) is 0 Å². The van der Waals surface area contributed by atoms with Crippen LogP contribution >= 0.6 is 11.3 Å². The van der Waals surface area contributed by atoms with Crippen LogP contribution in [0.3, 0.4) is 0 Å². The fourth-order valence-corrected chi connectivity index (χ4v) is 9.74. The van der Waals surface area contributed by atoms with Crippen molar-refractivity contribution in [3.8, 4) is 39.1 Å². The molecule has 57 heavy (non-hydrogen) atoms. The minimum atomic E-state index is 1.11. The van der Waals surface area contributed by atoms with Crippen LogP contribution in [-0.2, 0) is 0 Å². The molecule has 0 saturated heterocycles. The number of hydrogen-bond donors (Lipinski definition) is 0. The SMILES string of the molecule is c1ccc(-c2ccc(N(c3ccc(-c4cccc(-c5ccccc5-n5c6ccccc6c6ccccc65)c4)cc3)c3cccc4c3sc3ccccc34)cc2)cc1. The Morgan fingerprint density at radius 1 is 0.351 bits per heavy atom. The normalized spacial score (nSPS) is 11.5. The second-order valence-corrected chi connectivity index (χ2v) is 15.6. The Labute approximate surface area is 335 Å². The maximum Gasteiger partial charge on any atom is 0.0640 e. The first kappa shape index (κ1) is 33.2. The number of fused-ring (bicyclic) bond motifs is 6. The molecule has 2 nitrogen and oxygen atoms in total. The van der Waals surface area contributed by atoms with Gasteiger partial charge in [-0.25, -0.2) is 0 Å². The Bertz CT molecular complexity index is 3170. The molecule has 11 rings (SSSR count). The van der Waals surface area contributed by atoms with Crippen LogP contribution in [0.1, 0.15) is 0 Å². The van der Waals surface area contributed by atoms with E-state index in [2.05, 4.69) is 228 Å². The minimum Gasteiger partial charge on any atom is -0.309 e. The third kappa shape index (κ3) is 5.71. The van der Waals surface area contributed by atoms with Gasteiger partial charge in [-0.15, -0.1) is 11.3 Å². The number of nitrogens with zero attached hydrogens (tertiary/aromatic N) is 2. The van der Waals surface area contributed by atoms with Crippen LogP contribution in [-0.4, -0.2) is 4.57 Å². The molecule has 0 radical (unpaired) electrons. The van der Waals surface area contributed by atoms with Crippen molar-refractivity contribution in [2.45, 2.75) is 0 Å². The Morgan fingerprint density at radius 2 is 0.860 bits per heavy atom. The van der Waals surface area contributed by atoms with Crippen molar-refractivity contribution in [2.24, 2.45) is 0 Å². The molecule has 0 aliphatic carbocycles. The molecule has 11 aromatic rings. The molecule has 0 fully saturated rings. The monoisotopic (exact) mass is 744 g/mol. The Balaban J connectivity index is 1.00. The maximum absolute atomic E-state index is 2.42. The summed E-state index contributed by atoms with van der Waals surface area (Å²) in [5.74, 6) is 0. The fourth-order valence-electron chi connectivity index (χ4n) is 8.53. The van der Waals surface area contributed by atoms with Crippen molar-refractivity contribution >= 4 is 70.4 Å². The van der Waals surface area contributed by atoms with Gasteiger partial charge in [-0.2, -0.15) is 0 Å². The molecule has 0 atom stereocenters. The third-order valence-corrected chi connectivity index (χ3v) is 12.4. The van der Waals surface area contributed by atoms with Gasteiger partial charge in [-0.3, -0.25) is 0 Å². The number of para-hydroxylation sites is 3. The summed E-state index contributed by atoms with van der Waals surface area (Å²) >= 11 is 1.86. The van der Waals surface area contributed by atoms with Crippen LogP contribution < -0.4 is 4.90 Å². The molecule has 2 heterocycles. The van der Waals surface area contributed by atoms with Crippen molar-refractivity contribution < 1.29 is 0 Å². The lowest BCUT2D eigenvalue weighted by molar-refractivity contribution is 1.18. The lowest BCUT2D eigenvalue weighted by atomic mass is 9.97. The minimum absolute atomic E-state index is 1.11. The number of thiophene rings is 1. The molecular weight excluding hydrogens is 709 g/mol. The zero-order chi connectivity index (χ0) is 37.7. The summed E-state index contributed by atoms with van der Waals surface area (Å²) < 4.78 is 5.00. The molecule has 0 saturated carbocycles. The van der Waals surface area contributed by atoms with Gasteiger partial charge in [0.05, 0.1) is 27.1 Å². The summed E-state index contributed by atoms with van der Waals surface area (Å²) in [7, 11) is 0. The molecule has 0 N–H and O–H groups in total. The fraction of sp³-hybridized carbons (Fsp3) is 0. The summed E-state index contributed by atoms with van der Waals surface area (Å²) in [5.41, 5.74) is 14.2. The summed E-state index contributed by atoms with van der Waals surface area (Å²) in [6, 6.07) is 79.3. The highest BCUT2D eigenvalue weighted by Crippen LogP contribution is 2.45. The van der Waals surface area contributed by atoms with E-state index in [1.54, 1.807) is 0 Å². The summed E-state index contributed by atoms with van der Waals surface area (Å²) in [6.45, 7) is 0. The van der Waals surface area contributed by atoms with E-state index in [1.807, 2.05) is 11.3 Å². The van der Waals surface area contributed by atoms with E-state index in [4.69, 9.17) is 0 Å². The number of hydrogen-bond acceptors (Lipinski definition) is 2. The zero-order valence-electron chi connectivity index (χ0n) is 31.1. The van der Waals surface area contributed by atoms with E-state index >= 15 is 0 Å². The van der Waals surface area contributed by atoms with Crippen LogP contribution in [0.25, 0.3) is 81.0 Å². The number of aromatic nitrogens is 1. The smallest absolute Gasteiger partial charge is 0.0640 e. The molecule has 0 spiro atoms. The van der Waals surface area contributed by atoms with Gasteiger partial charge in [0.2, 0.25) is 0 Å². The quantitative estimate of drug-likeness (QED) is 0.158. The molecule has 0 amide bonds. The predicted molar refractivity (Wildman–Crippen MR) is 245 cm³/mol. The summed E-state index contributed by atoms with van der Waals surface area (Å²) in [6.07, 6.45) is 0. The molecule has 268 valence electrons. The number of benzene rings is 9. The third-order valence-electron chi connectivity index (χ3n) is 11.2. The number of rotatable bonds is 7. The molecule has 3 heteroatoms. The molecule has 0 aliphatic rings. The van der Waals surface area contributed by atoms with Gasteiger partial charge in [0.1, 0.15) is 0 Å². The van der Waals surface area contributed by atoms with E-state index in [9.17, 15) is 0 Å². The van der Waals surface area contributed by atoms with Crippen LogP contribution in [0.2, 0.25) is 0 Å². The lowest BCUT2D eigenvalue weighted by Crippen LogP contribution is -2.10. The van der Waals surface area contributed by atoms with Gasteiger partial charge in [-0.05, 0) is 88.5 Å². The van der Waals surface area contributed by atoms with Crippen LogP contribution in [0.15, 0.2) is 218 Å². The van der Waals surface area contributed by atoms with E-state index in [-0.39, 0.29) is 0 Å². The molecular formula is C54H36N2S. The van der Waals surface area contributed by atoms with Gasteiger partial charge < -0.3 is 9.47 Å². The molecule has 0 unspecified atom stereocenters.